The number of aromatic nitrogens is 1. The summed E-state index contributed by atoms with van der Waals surface area (Å²) in [5.74, 6) is -0.827. The van der Waals surface area contributed by atoms with Crippen LogP contribution >= 0.6 is 12.4 Å². The number of carbonyl (C=O) groups is 1. The fraction of sp³-hybridized carbons (Fsp3) is 0.250. The van der Waals surface area contributed by atoms with Crippen molar-refractivity contribution in [1.82, 2.24) is 4.98 Å². The summed E-state index contributed by atoms with van der Waals surface area (Å²) in [6, 6.07) is 3.99. The zero-order chi connectivity index (χ0) is 12.4. The van der Waals surface area contributed by atoms with Gasteiger partial charge < -0.3 is 15.5 Å². The van der Waals surface area contributed by atoms with E-state index in [1.165, 1.54) is 13.2 Å². The minimum atomic E-state index is -0.779. The van der Waals surface area contributed by atoms with Crippen molar-refractivity contribution in [1.29, 1.82) is 0 Å². The lowest BCUT2D eigenvalue weighted by Crippen LogP contribution is -2.33. The number of benzene rings is 1. The lowest BCUT2D eigenvalue weighted by Gasteiger charge is -2.08. The van der Waals surface area contributed by atoms with Crippen LogP contribution in [0.15, 0.2) is 24.4 Å². The first kappa shape index (κ1) is 14.5. The molecular formula is C12H14ClFN2O2. The summed E-state index contributed by atoms with van der Waals surface area (Å²) >= 11 is 0. The molecule has 18 heavy (non-hydrogen) atoms. The van der Waals surface area contributed by atoms with Gasteiger partial charge in [0, 0.05) is 23.5 Å². The van der Waals surface area contributed by atoms with Gasteiger partial charge in [0.25, 0.3) is 0 Å². The number of ether oxygens (including phenoxy) is 1. The van der Waals surface area contributed by atoms with E-state index in [1.54, 1.807) is 18.3 Å². The Kier molecular flexibility index (Phi) is 4.69. The molecule has 98 valence electrons. The monoisotopic (exact) mass is 272 g/mol. The normalized spacial score (nSPS) is 11.9. The highest BCUT2D eigenvalue weighted by Gasteiger charge is 2.17. The number of H-pyrrole nitrogens is 1. The van der Waals surface area contributed by atoms with Crippen molar-refractivity contribution in [3.8, 4) is 0 Å². The molecule has 1 aromatic heterocycles. The predicted octanol–water partition coefficient (Wildman–Crippen LogP) is 1.77. The van der Waals surface area contributed by atoms with E-state index in [9.17, 15) is 9.18 Å². The lowest BCUT2D eigenvalue weighted by molar-refractivity contribution is -0.142. The van der Waals surface area contributed by atoms with E-state index in [0.29, 0.717) is 16.5 Å². The molecule has 0 saturated carbocycles. The van der Waals surface area contributed by atoms with Crippen molar-refractivity contribution in [2.45, 2.75) is 12.5 Å². The Balaban J connectivity index is 0.00000162. The van der Waals surface area contributed by atoms with Gasteiger partial charge in [-0.3, -0.25) is 4.79 Å². The molecule has 2 aromatic rings. The molecule has 1 unspecified atom stereocenters. The highest BCUT2D eigenvalue weighted by atomic mass is 35.5. The maximum absolute atomic E-state index is 13.6. The second-order valence-electron chi connectivity index (χ2n) is 3.81. The Hall–Kier alpha value is -1.59. The number of methoxy groups -OCH3 is 1. The van der Waals surface area contributed by atoms with Crippen LogP contribution in [0.25, 0.3) is 10.9 Å². The van der Waals surface area contributed by atoms with E-state index in [1.807, 2.05) is 0 Å². The molecule has 6 heteroatoms. The van der Waals surface area contributed by atoms with Gasteiger partial charge in [0.15, 0.2) is 0 Å². The number of halogens is 2. The molecule has 0 aliphatic carbocycles. The number of nitrogens with one attached hydrogen (secondary N) is 1. The molecule has 0 saturated heterocycles. The van der Waals surface area contributed by atoms with Crippen LogP contribution < -0.4 is 5.73 Å². The summed E-state index contributed by atoms with van der Waals surface area (Å²) in [6.45, 7) is 0. The Bertz CT molecular complexity index is 556. The van der Waals surface area contributed by atoms with Gasteiger partial charge in [-0.15, -0.1) is 12.4 Å². The zero-order valence-corrected chi connectivity index (χ0v) is 10.6. The van der Waals surface area contributed by atoms with Gasteiger partial charge in [0.1, 0.15) is 11.9 Å². The summed E-state index contributed by atoms with van der Waals surface area (Å²) in [4.78, 5) is 14.2. The van der Waals surface area contributed by atoms with E-state index in [0.717, 1.165) is 0 Å². The second kappa shape index (κ2) is 5.84. The Morgan fingerprint density at radius 3 is 2.94 bits per heavy atom. The summed E-state index contributed by atoms with van der Waals surface area (Å²) in [7, 11) is 1.28. The molecule has 2 rings (SSSR count). The van der Waals surface area contributed by atoms with Crippen LogP contribution in [0.3, 0.4) is 0 Å². The standard InChI is InChI=1S/C12H13FN2O2.ClH/c1-17-12(16)9(14)5-7-6-15-10-4-2-3-8(13)11(7)10;/h2-4,6,9,15H,5,14H2,1H3;1H. The summed E-state index contributed by atoms with van der Waals surface area (Å²) in [5, 5.41) is 0.479. The summed E-state index contributed by atoms with van der Waals surface area (Å²) in [6.07, 6.45) is 1.91. The molecular weight excluding hydrogens is 259 g/mol. The first-order valence-corrected chi connectivity index (χ1v) is 5.21. The molecule has 0 fully saturated rings. The van der Waals surface area contributed by atoms with Crippen molar-refractivity contribution in [2.75, 3.05) is 7.11 Å². The van der Waals surface area contributed by atoms with Crippen molar-refractivity contribution < 1.29 is 13.9 Å². The quantitative estimate of drug-likeness (QED) is 0.837. The van der Waals surface area contributed by atoms with Gasteiger partial charge in [-0.2, -0.15) is 0 Å². The maximum atomic E-state index is 13.6. The molecule has 0 spiro atoms. The van der Waals surface area contributed by atoms with Crippen molar-refractivity contribution in [2.24, 2.45) is 5.73 Å². The van der Waals surface area contributed by atoms with E-state index in [4.69, 9.17) is 5.73 Å². The number of fused-ring (bicyclic) bond motifs is 1. The SMILES string of the molecule is COC(=O)C(N)Cc1c[nH]c2cccc(F)c12.Cl. The second-order valence-corrected chi connectivity index (χ2v) is 3.81. The van der Waals surface area contributed by atoms with Gasteiger partial charge in [0.05, 0.1) is 7.11 Å². The predicted molar refractivity (Wildman–Crippen MR) is 69.2 cm³/mol. The third-order valence-electron chi connectivity index (χ3n) is 2.68. The van der Waals surface area contributed by atoms with Gasteiger partial charge in [-0.05, 0) is 17.7 Å². The van der Waals surface area contributed by atoms with Gasteiger partial charge >= 0.3 is 5.97 Å². The fourth-order valence-electron chi connectivity index (χ4n) is 1.84. The lowest BCUT2D eigenvalue weighted by atomic mass is 10.1. The third kappa shape index (κ3) is 2.63. The molecule has 0 aliphatic rings. The van der Waals surface area contributed by atoms with E-state index < -0.39 is 12.0 Å². The summed E-state index contributed by atoms with van der Waals surface area (Å²) in [5.41, 5.74) is 7.02. The average Bonchev–Trinajstić information content (AvgIpc) is 2.72. The largest absolute Gasteiger partial charge is 0.468 e. The van der Waals surface area contributed by atoms with Crippen LogP contribution in [-0.2, 0) is 16.0 Å². The van der Waals surface area contributed by atoms with Crippen LogP contribution in [-0.4, -0.2) is 24.1 Å². The van der Waals surface area contributed by atoms with Crippen LogP contribution in [0.4, 0.5) is 4.39 Å². The number of esters is 1. The Labute approximate surface area is 110 Å². The third-order valence-corrected chi connectivity index (χ3v) is 2.68. The first-order valence-electron chi connectivity index (χ1n) is 5.21. The molecule has 0 radical (unpaired) electrons. The number of aromatic amines is 1. The van der Waals surface area contributed by atoms with Gasteiger partial charge in [0.2, 0.25) is 0 Å². The van der Waals surface area contributed by atoms with E-state index in [-0.39, 0.29) is 24.6 Å². The van der Waals surface area contributed by atoms with Gasteiger partial charge in [-0.25, -0.2) is 4.39 Å². The van der Waals surface area contributed by atoms with Crippen molar-refractivity contribution in [3.63, 3.8) is 0 Å². The van der Waals surface area contributed by atoms with Crippen LogP contribution in [0, 0.1) is 5.82 Å². The minimum Gasteiger partial charge on any atom is -0.468 e. The number of hydrogen-bond acceptors (Lipinski definition) is 3. The van der Waals surface area contributed by atoms with E-state index in [2.05, 4.69) is 9.72 Å². The molecule has 0 bridgehead atoms. The molecule has 0 aliphatic heterocycles. The zero-order valence-electron chi connectivity index (χ0n) is 9.77. The maximum Gasteiger partial charge on any atom is 0.322 e. The Morgan fingerprint density at radius 1 is 1.56 bits per heavy atom. The molecule has 4 nitrogen and oxygen atoms in total. The topological polar surface area (TPSA) is 68.1 Å². The van der Waals surface area contributed by atoms with Crippen LogP contribution in [0.1, 0.15) is 5.56 Å². The smallest absolute Gasteiger partial charge is 0.322 e. The molecule has 0 amide bonds. The van der Waals surface area contributed by atoms with Crippen molar-refractivity contribution in [3.05, 3.63) is 35.8 Å². The number of hydrogen-bond donors (Lipinski definition) is 2. The van der Waals surface area contributed by atoms with Crippen LogP contribution in [0.5, 0.6) is 0 Å². The summed E-state index contributed by atoms with van der Waals surface area (Å²) < 4.78 is 18.2. The highest BCUT2D eigenvalue weighted by molar-refractivity contribution is 5.85. The number of rotatable bonds is 3. The molecule has 1 atom stereocenters. The van der Waals surface area contributed by atoms with E-state index >= 15 is 0 Å². The highest BCUT2D eigenvalue weighted by Crippen LogP contribution is 2.22. The molecule has 1 aromatic carbocycles. The minimum absolute atomic E-state index is 0. The fourth-order valence-corrected chi connectivity index (χ4v) is 1.84. The van der Waals surface area contributed by atoms with Crippen LogP contribution in [0.2, 0.25) is 0 Å². The average molecular weight is 273 g/mol. The number of nitrogens with two attached hydrogens (primary N) is 1. The van der Waals surface area contributed by atoms with Crippen molar-refractivity contribution >= 4 is 29.3 Å². The number of carbonyl (C=O) groups excluding carboxylic acids is 1. The molecule has 1 heterocycles. The first-order chi connectivity index (χ1) is 8.13. The Morgan fingerprint density at radius 2 is 2.28 bits per heavy atom. The van der Waals surface area contributed by atoms with Gasteiger partial charge in [-0.1, -0.05) is 6.07 Å². The molecule has 3 N–H and O–H groups in total.